The van der Waals surface area contributed by atoms with E-state index in [1.807, 2.05) is 53.6 Å². The van der Waals surface area contributed by atoms with Crippen molar-refractivity contribution >= 4 is 17.1 Å². The molecule has 0 aromatic heterocycles. The van der Waals surface area contributed by atoms with Crippen molar-refractivity contribution in [3.63, 3.8) is 0 Å². The minimum atomic E-state index is -0.325. The van der Waals surface area contributed by atoms with Gasteiger partial charge in [-0.15, -0.1) is 0 Å². The summed E-state index contributed by atoms with van der Waals surface area (Å²) >= 11 is 0. The Labute approximate surface area is 157 Å². The predicted octanol–water partition coefficient (Wildman–Crippen LogP) is 4.65. The van der Waals surface area contributed by atoms with Gasteiger partial charge in [-0.2, -0.15) is 5.10 Å². The first kappa shape index (κ1) is 17.0. The van der Waals surface area contributed by atoms with Crippen LogP contribution in [0.4, 0.5) is 11.4 Å². The maximum Gasteiger partial charge on any atom is 0.274 e. The molecular weight excluding hydrogens is 342 g/mol. The van der Waals surface area contributed by atoms with Crippen LogP contribution in [0.1, 0.15) is 18.0 Å². The average molecular weight is 361 g/mol. The standard InChI is InChI=1S/C21H19N3O3/c1-27-17-12-10-16(11-13-17)23-21(14-19(22-23)15-6-2-3-7-15)18-8-4-5-9-20(18)24(25)26/h2-13,15,21H,14H2,1H3. The summed E-state index contributed by atoms with van der Waals surface area (Å²) in [5, 5.41) is 18.3. The van der Waals surface area contributed by atoms with E-state index in [9.17, 15) is 10.1 Å². The van der Waals surface area contributed by atoms with E-state index in [1.165, 1.54) is 0 Å². The zero-order valence-corrected chi connectivity index (χ0v) is 14.9. The minimum absolute atomic E-state index is 0.120. The second kappa shape index (κ2) is 7.07. The van der Waals surface area contributed by atoms with Gasteiger partial charge in [0.1, 0.15) is 5.75 Å². The molecular formula is C21H19N3O3. The van der Waals surface area contributed by atoms with Gasteiger partial charge in [0.15, 0.2) is 0 Å². The summed E-state index contributed by atoms with van der Waals surface area (Å²) in [5.74, 6) is 0.893. The molecule has 0 spiro atoms. The fourth-order valence-corrected chi connectivity index (χ4v) is 3.54. The third kappa shape index (κ3) is 3.21. The highest BCUT2D eigenvalue weighted by molar-refractivity contribution is 5.94. The number of hydrazone groups is 1. The second-order valence-corrected chi connectivity index (χ2v) is 6.47. The number of anilines is 1. The van der Waals surface area contributed by atoms with E-state index in [0.717, 1.165) is 17.1 Å². The van der Waals surface area contributed by atoms with Gasteiger partial charge in [0, 0.05) is 18.4 Å². The van der Waals surface area contributed by atoms with Crippen molar-refractivity contribution in [3.8, 4) is 5.75 Å². The first-order valence-corrected chi connectivity index (χ1v) is 8.76. The summed E-state index contributed by atoms with van der Waals surface area (Å²) in [6.45, 7) is 0. The van der Waals surface area contributed by atoms with Crippen molar-refractivity contribution in [1.29, 1.82) is 0 Å². The third-order valence-electron chi connectivity index (χ3n) is 4.90. The average Bonchev–Trinajstić information content (AvgIpc) is 3.38. The summed E-state index contributed by atoms with van der Waals surface area (Å²) in [6, 6.07) is 14.3. The van der Waals surface area contributed by atoms with Crippen LogP contribution in [-0.4, -0.2) is 17.7 Å². The van der Waals surface area contributed by atoms with Gasteiger partial charge in [0.2, 0.25) is 0 Å². The number of nitro groups is 1. The van der Waals surface area contributed by atoms with Gasteiger partial charge in [-0.1, -0.05) is 36.4 Å². The van der Waals surface area contributed by atoms with Crippen LogP contribution < -0.4 is 9.75 Å². The van der Waals surface area contributed by atoms with Crippen molar-refractivity contribution in [3.05, 3.63) is 88.5 Å². The molecule has 0 saturated carbocycles. The topological polar surface area (TPSA) is 68.0 Å². The molecule has 27 heavy (non-hydrogen) atoms. The molecule has 0 bridgehead atoms. The Kier molecular flexibility index (Phi) is 4.46. The van der Waals surface area contributed by atoms with Crippen LogP contribution in [-0.2, 0) is 0 Å². The zero-order chi connectivity index (χ0) is 18.8. The number of hydrogen-bond acceptors (Lipinski definition) is 5. The second-order valence-electron chi connectivity index (χ2n) is 6.47. The molecule has 4 rings (SSSR count). The van der Waals surface area contributed by atoms with E-state index in [-0.39, 0.29) is 22.6 Å². The Morgan fingerprint density at radius 2 is 1.81 bits per heavy atom. The van der Waals surface area contributed by atoms with Gasteiger partial charge in [0.25, 0.3) is 5.69 Å². The molecule has 1 heterocycles. The Morgan fingerprint density at radius 1 is 1.11 bits per heavy atom. The van der Waals surface area contributed by atoms with E-state index >= 15 is 0 Å². The fourth-order valence-electron chi connectivity index (χ4n) is 3.54. The number of nitro benzene ring substituents is 1. The fraction of sp³-hybridized carbons (Fsp3) is 0.190. The Bertz CT molecular complexity index is 935. The highest BCUT2D eigenvalue weighted by Crippen LogP contribution is 2.41. The van der Waals surface area contributed by atoms with Crippen LogP contribution >= 0.6 is 0 Å². The largest absolute Gasteiger partial charge is 0.497 e. The maximum atomic E-state index is 11.6. The van der Waals surface area contributed by atoms with Crippen molar-refractivity contribution in [1.82, 2.24) is 0 Å². The maximum absolute atomic E-state index is 11.6. The summed E-state index contributed by atoms with van der Waals surface area (Å²) in [7, 11) is 1.62. The molecule has 1 unspecified atom stereocenters. The zero-order valence-electron chi connectivity index (χ0n) is 14.9. The van der Waals surface area contributed by atoms with E-state index in [0.29, 0.717) is 12.0 Å². The molecule has 2 aromatic carbocycles. The number of nitrogens with zero attached hydrogens (tertiary/aromatic N) is 3. The molecule has 1 aliphatic heterocycles. The van der Waals surface area contributed by atoms with Crippen LogP contribution in [0, 0.1) is 16.0 Å². The molecule has 2 aliphatic rings. The number of methoxy groups -OCH3 is 1. The van der Waals surface area contributed by atoms with Gasteiger partial charge in [-0.3, -0.25) is 15.1 Å². The number of benzene rings is 2. The van der Waals surface area contributed by atoms with Crippen molar-refractivity contribution in [2.45, 2.75) is 12.5 Å². The molecule has 0 fully saturated rings. The number of ether oxygens (including phenoxy) is 1. The van der Waals surface area contributed by atoms with E-state index in [1.54, 1.807) is 19.2 Å². The molecule has 0 radical (unpaired) electrons. The van der Waals surface area contributed by atoms with Gasteiger partial charge >= 0.3 is 0 Å². The summed E-state index contributed by atoms with van der Waals surface area (Å²) < 4.78 is 5.23. The van der Waals surface area contributed by atoms with Crippen LogP contribution in [0.2, 0.25) is 0 Å². The number of allylic oxidation sites excluding steroid dienone is 4. The molecule has 0 amide bonds. The molecule has 6 nitrogen and oxygen atoms in total. The summed E-state index contributed by atoms with van der Waals surface area (Å²) in [6.07, 6.45) is 8.82. The highest BCUT2D eigenvalue weighted by atomic mass is 16.6. The van der Waals surface area contributed by atoms with Crippen molar-refractivity contribution < 1.29 is 9.66 Å². The normalized spacial score (nSPS) is 18.8. The Hall–Kier alpha value is -3.41. The number of para-hydroxylation sites is 1. The first-order chi connectivity index (χ1) is 13.2. The van der Waals surface area contributed by atoms with E-state index in [2.05, 4.69) is 12.2 Å². The number of rotatable bonds is 5. The SMILES string of the molecule is COc1ccc(N2N=C(C3C=CC=C3)CC2c2ccccc2[N+](=O)[O-])cc1. The van der Waals surface area contributed by atoms with Crippen molar-refractivity contribution in [2.24, 2.45) is 11.0 Å². The van der Waals surface area contributed by atoms with Gasteiger partial charge in [0.05, 0.1) is 35.0 Å². The lowest BCUT2D eigenvalue weighted by molar-refractivity contribution is -0.385. The first-order valence-electron chi connectivity index (χ1n) is 8.76. The lowest BCUT2D eigenvalue weighted by Gasteiger charge is -2.24. The molecule has 6 heteroatoms. The van der Waals surface area contributed by atoms with Gasteiger partial charge in [-0.25, -0.2) is 0 Å². The molecule has 0 saturated heterocycles. The summed E-state index contributed by atoms with van der Waals surface area (Å²) in [5.41, 5.74) is 2.66. The quantitative estimate of drug-likeness (QED) is 0.574. The monoisotopic (exact) mass is 361 g/mol. The molecule has 0 N–H and O–H groups in total. The molecule has 1 atom stereocenters. The summed E-state index contributed by atoms with van der Waals surface area (Å²) in [4.78, 5) is 11.2. The number of hydrogen-bond donors (Lipinski definition) is 0. The van der Waals surface area contributed by atoms with Crippen LogP contribution in [0.25, 0.3) is 0 Å². The van der Waals surface area contributed by atoms with Gasteiger partial charge in [-0.05, 0) is 30.3 Å². The van der Waals surface area contributed by atoms with Crippen LogP contribution in [0.3, 0.4) is 0 Å². The lowest BCUT2D eigenvalue weighted by atomic mass is 9.94. The molecule has 2 aromatic rings. The molecule has 1 aliphatic carbocycles. The highest BCUT2D eigenvalue weighted by Gasteiger charge is 2.35. The van der Waals surface area contributed by atoms with E-state index in [4.69, 9.17) is 9.84 Å². The van der Waals surface area contributed by atoms with Crippen molar-refractivity contribution in [2.75, 3.05) is 12.1 Å². The Balaban J connectivity index is 1.76. The Morgan fingerprint density at radius 3 is 2.48 bits per heavy atom. The van der Waals surface area contributed by atoms with Crippen LogP contribution in [0.15, 0.2) is 77.9 Å². The van der Waals surface area contributed by atoms with Crippen LogP contribution in [0.5, 0.6) is 5.75 Å². The molecule has 136 valence electrons. The predicted molar refractivity (Wildman–Crippen MR) is 105 cm³/mol. The third-order valence-corrected chi connectivity index (χ3v) is 4.90. The minimum Gasteiger partial charge on any atom is -0.497 e. The van der Waals surface area contributed by atoms with E-state index < -0.39 is 0 Å². The van der Waals surface area contributed by atoms with Gasteiger partial charge < -0.3 is 4.74 Å². The smallest absolute Gasteiger partial charge is 0.274 e. The lowest BCUT2D eigenvalue weighted by Crippen LogP contribution is -2.19.